The maximum Gasteiger partial charge on any atom is 0.417 e. The van der Waals surface area contributed by atoms with Crippen LogP contribution in [0.2, 0.25) is 0 Å². The molecule has 2 aliphatic rings. The van der Waals surface area contributed by atoms with Crippen LogP contribution in [0.4, 0.5) is 27.8 Å². The summed E-state index contributed by atoms with van der Waals surface area (Å²) in [5.41, 5.74) is 4.32. The van der Waals surface area contributed by atoms with E-state index in [9.17, 15) is 22.0 Å². The van der Waals surface area contributed by atoms with E-state index in [1.54, 1.807) is 12.3 Å². The van der Waals surface area contributed by atoms with Crippen LogP contribution in [-0.2, 0) is 4.74 Å². The van der Waals surface area contributed by atoms with Crippen molar-refractivity contribution < 1.29 is 31.4 Å². The van der Waals surface area contributed by atoms with Gasteiger partial charge in [0, 0.05) is 55.8 Å². The highest BCUT2D eigenvalue weighted by molar-refractivity contribution is 5.86. The number of pyridine rings is 1. The second-order valence-electron chi connectivity index (χ2n) is 9.93. The number of ether oxygens (including phenoxy) is 2. The third-order valence-corrected chi connectivity index (χ3v) is 7.82. The molecule has 3 aromatic rings. The quantitative estimate of drug-likeness (QED) is 0.424. The highest BCUT2D eigenvalue weighted by Gasteiger charge is 2.65. The molecule has 0 spiro atoms. The maximum absolute atomic E-state index is 14.7. The van der Waals surface area contributed by atoms with E-state index in [1.165, 1.54) is 13.0 Å². The Morgan fingerprint density at radius 3 is 2.71 bits per heavy atom. The summed E-state index contributed by atoms with van der Waals surface area (Å²) in [7, 11) is 1.14. The average molecular weight is 541 g/mol. The second-order valence-corrected chi connectivity index (χ2v) is 9.93. The van der Waals surface area contributed by atoms with Crippen LogP contribution in [0.25, 0.3) is 11.0 Å². The van der Waals surface area contributed by atoms with Crippen molar-refractivity contribution in [1.82, 2.24) is 20.3 Å². The fraction of sp³-hybridized carbons (Fsp3) is 0.520. The summed E-state index contributed by atoms with van der Waals surface area (Å²) < 4.78 is 82.5. The van der Waals surface area contributed by atoms with Crippen LogP contribution in [-0.4, -0.2) is 66.1 Å². The number of imidazole rings is 1. The van der Waals surface area contributed by atoms with E-state index in [4.69, 9.17) is 15.2 Å². The fourth-order valence-corrected chi connectivity index (χ4v) is 5.53. The van der Waals surface area contributed by atoms with Crippen LogP contribution < -0.4 is 20.7 Å². The van der Waals surface area contributed by atoms with Gasteiger partial charge in [-0.3, -0.25) is 0 Å². The number of halogens is 5. The lowest BCUT2D eigenvalue weighted by atomic mass is 9.77. The number of fused-ring (bicyclic) bond motifs is 1. The van der Waals surface area contributed by atoms with E-state index in [2.05, 4.69) is 20.3 Å². The Morgan fingerprint density at radius 1 is 1.26 bits per heavy atom. The molecule has 2 saturated heterocycles. The zero-order valence-corrected chi connectivity index (χ0v) is 21.1. The number of piperazine rings is 1. The number of hydrogen-bond donors (Lipinski definition) is 3. The molecule has 0 bridgehead atoms. The highest BCUT2D eigenvalue weighted by atomic mass is 19.4. The zero-order valence-electron chi connectivity index (χ0n) is 21.1. The average Bonchev–Trinajstić information content (AvgIpc) is 3.45. The highest BCUT2D eigenvalue weighted by Crippen LogP contribution is 2.59. The van der Waals surface area contributed by atoms with Crippen LogP contribution in [0.15, 0.2) is 24.4 Å². The van der Waals surface area contributed by atoms with E-state index in [1.807, 2.05) is 4.90 Å². The Balaban J connectivity index is 1.63. The first-order chi connectivity index (χ1) is 18.0. The van der Waals surface area contributed by atoms with Crippen molar-refractivity contribution in [2.24, 2.45) is 11.7 Å². The van der Waals surface area contributed by atoms with Gasteiger partial charge in [0.1, 0.15) is 17.4 Å². The maximum atomic E-state index is 14.7. The van der Waals surface area contributed by atoms with Gasteiger partial charge in [0.05, 0.1) is 12.6 Å². The second kappa shape index (κ2) is 9.62. The van der Waals surface area contributed by atoms with Gasteiger partial charge in [-0.25, -0.2) is 14.4 Å². The van der Waals surface area contributed by atoms with Gasteiger partial charge in [-0.1, -0.05) is 13.0 Å². The van der Waals surface area contributed by atoms with Gasteiger partial charge in [0.15, 0.2) is 23.0 Å². The van der Waals surface area contributed by atoms with E-state index in [0.29, 0.717) is 43.0 Å². The number of anilines is 1. The van der Waals surface area contributed by atoms with Gasteiger partial charge in [0.2, 0.25) is 5.82 Å². The molecule has 0 radical (unpaired) electrons. The van der Waals surface area contributed by atoms with Crippen LogP contribution >= 0.6 is 0 Å². The number of aromatic amines is 1. The van der Waals surface area contributed by atoms with Crippen molar-refractivity contribution in [3.63, 3.8) is 0 Å². The van der Waals surface area contributed by atoms with Gasteiger partial charge >= 0.3 is 6.18 Å². The molecule has 13 heteroatoms. The molecule has 38 heavy (non-hydrogen) atoms. The molecule has 4 N–H and O–H groups in total. The molecule has 8 nitrogen and oxygen atoms in total. The fourth-order valence-electron chi connectivity index (χ4n) is 5.53. The van der Waals surface area contributed by atoms with Gasteiger partial charge in [-0.05, 0) is 19.1 Å². The van der Waals surface area contributed by atoms with Crippen LogP contribution in [0.5, 0.6) is 5.75 Å². The van der Waals surface area contributed by atoms with Crippen molar-refractivity contribution >= 4 is 16.9 Å². The standard InChI is InChI=1S/C25H29F5N6O2/c1-12-17(14-4-5-15(26)18(27)20(14)37-3)21(38-24(12,2)25(28,29)30)22-34-16-6-7-33-23(19(16)35-22)36-9-8-32-13(10-31)11-36/h4-7,12-13,17,21,32H,8-11,31H2,1-3H3,(H,34,35)/t12-,13?,17-,21+,24+/m0/s1. The summed E-state index contributed by atoms with van der Waals surface area (Å²) in [6.07, 6.45) is -4.43. The molecule has 5 atom stereocenters. The van der Waals surface area contributed by atoms with E-state index < -0.39 is 47.1 Å². The molecule has 2 aromatic heterocycles. The molecule has 0 aliphatic carbocycles. The minimum absolute atomic E-state index is 0.0518. The number of alkyl halides is 3. The van der Waals surface area contributed by atoms with Crippen LogP contribution in [0.1, 0.15) is 37.3 Å². The summed E-state index contributed by atoms with van der Waals surface area (Å²) in [6, 6.07) is 3.84. The summed E-state index contributed by atoms with van der Waals surface area (Å²) in [6.45, 7) is 4.68. The van der Waals surface area contributed by atoms with Crippen molar-refractivity contribution in [3.8, 4) is 5.75 Å². The number of benzene rings is 1. The van der Waals surface area contributed by atoms with Crippen molar-refractivity contribution in [2.75, 3.05) is 38.2 Å². The SMILES string of the molecule is COc1c([C@H]2[C@H](c3nc4c(N5CCNC(CN)C5)nccc4[nH]3)O[C@@](C)(C(F)(F)F)[C@H]2C)ccc(F)c1F. The number of nitrogens with one attached hydrogen (secondary N) is 2. The zero-order chi connectivity index (χ0) is 27.4. The number of rotatable bonds is 5. The summed E-state index contributed by atoms with van der Waals surface area (Å²) in [5.74, 6) is -4.48. The van der Waals surface area contributed by atoms with Gasteiger partial charge in [0.25, 0.3) is 0 Å². The van der Waals surface area contributed by atoms with Crippen LogP contribution in [0, 0.1) is 17.6 Å². The molecule has 1 aromatic carbocycles. The number of nitrogens with two attached hydrogens (primary N) is 1. The molecule has 1 unspecified atom stereocenters. The largest absolute Gasteiger partial charge is 0.493 e. The predicted molar refractivity (Wildman–Crippen MR) is 130 cm³/mol. The Hall–Kier alpha value is -3.03. The summed E-state index contributed by atoms with van der Waals surface area (Å²) >= 11 is 0. The van der Waals surface area contributed by atoms with Crippen molar-refractivity contribution in [1.29, 1.82) is 0 Å². The molecule has 2 fully saturated rings. The first-order valence-electron chi connectivity index (χ1n) is 12.3. The van der Waals surface area contributed by atoms with Crippen molar-refractivity contribution in [3.05, 3.63) is 47.4 Å². The van der Waals surface area contributed by atoms with E-state index in [0.717, 1.165) is 20.1 Å². The molecule has 2 aliphatic heterocycles. The first-order valence-corrected chi connectivity index (χ1v) is 12.3. The normalized spacial score (nSPS) is 28.3. The monoisotopic (exact) mass is 540 g/mol. The number of H-pyrrole nitrogens is 1. The third-order valence-electron chi connectivity index (χ3n) is 7.82. The Kier molecular flexibility index (Phi) is 6.72. The number of hydrogen-bond acceptors (Lipinski definition) is 7. The smallest absolute Gasteiger partial charge is 0.417 e. The Morgan fingerprint density at radius 2 is 2.03 bits per heavy atom. The lowest BCUT2D eigenvalue weighted by molar-refractivity contribution is -0.275. The minimum Gasteiger partial charge on any atom is -0.493 e. The Labute approximate surface area is 215 Å². The molecule has 0 amide bonds. The topological polar surface area (TPSA) is 101 Å². The first kappa shape index (κ1) is 26.6. The number of aromatic nitrogens is 3. The lowest BCUT2D eigenvalue weighted by Gasteiger charge is -2.33. The molecular formula is C25H29F5N6O2. The van der Waals surface area contributed by atoms with Crippen molar-refractivity contribution in [2.45, 2.75) is 43.7 Å². The molecule has 4 heterocycles. The van der Waals surface area contributed by atoms with Gasteiger partial charge in [-0.2, -0.15) is 17.6 Å². The predicted octanol–water partition coefficient (Wildman–Crippen LogP) is 3.79. The molecule has 5 rings (SSSR count). The van der Waals surface area contributed by atoms with Gasteiger partial charge in [-0.15, -0.1) is 0 Å². The third kappa shape index (κ3) is 4.16. The minimum atomic E-state index is -4.75. The summed E-state index contributed by atoms with van der Waals surface area (Å²) in [5, 5.41) is 3.32. The molecular weight excluding hydrogens is 511 g/mol. The van der Waals surface area contributed by atoms with Crippen LogP contribution in [0.3, 0.4) is 0 Å². The summed E-state index contributed by atoms with van der Waals surface area (Å²) in [4.78, 5) is 14.3. The number of nitrogens with zero attached hydrogens (tertiary/aromatic N) is 3. The molecule has 206 valence electrons. The lowest BCUT2D eigenvalue weighted by Crippen LogP contribution is -2.54. The van der Waals surface area contributed by atoms with E-state index in [-0.39, 0.29) is 17.4 Å². The van der Waals surface area contributed by atoms with Gasteiger partial charge < -0.3 is 30.4 Å². The Bertz CT molecular complexity index is 1330. The number of methoxy groups -OCH3 is 1. The molecule has 0 saturated carbocycles. The van der Waals surface area contributed by atoms with E-state index >= 15 is 0 Å².